The first-order valence-electron chi connectivity index (χ1n) is 8.80. The van der Waals surface area contributed by atoms with Gasteiger partial charge in [-0.05, 0) is 20.8 Å². The minimum Gasteiger partial charge on any atom is -0.462 e. The number of furan rings is 1. The number of amides is 1. The number of hydrogen-bond donors (Lipinski definition) is 2. The minimum atomic E-state index is -0.695. The standard InChI is InChI=1S/C20H24N2O5/c1-5-26-20(25)18-17(13(2)23)14(3)27-19(18)21-16(24)12-22(4)11-15-9-7-6-8-10-15/h6-10H,5,11-12H2,1-4H3,(H,21,24)/p+1. The highest BCUT2D eigenvalue weighted by Gasteiger charge is 2.29. The van der Waals surface area contributed by atoms with Crippen molar-refractivity contribution in [1.29, 1.82) is 0 Å². The van der Waals surface area contributed by atoms with E-state index in [1.165, 1.54) is 6.92 Å². The Morgan fingerprint density at radius 1 is 1.15 bits per heavy atom. The van der Waals surface area contributed by atoms with Gasteiger partial charge in [-0.3, -0.25) is 14.9 Å². The van der Waals surface area contributed by atoms with Crippen molar-refractivity contribution in [2.45, 2.75) is 27.3 Å². The number of likely N-dealkylation sites (N-methyl/N-ethyl adjacent to an activating group) is 1. The van der Waals surface area contributed by atoms with Crippen LogP contribution in [0, 0.1) is 6.92 Å². The predicted octanol–water partition coefficient (Wildman–Crippen LogP) is 1.62. The molecule has 7 nitrogen and oxygen atoms in total. The van der Waals surface area contributed by atoms with Gasteiger partial charge in [0, 0.05) is 5.56 Å². The molecular weight excluding hydrogens is 348 g/mol. The number of Topliss-reactive ketones (excluding diaryl/α,β-unsaturated/α-hetero) is 1. The molecule has 144 valence electrons. The first kappa shape index (κ1) is 20.4. The molecule has 0 saturated heterocycles. The van der Waals surface area contributed by atoms with Crippen molar-refractivity contribution >= 4 is 23.5 Å². The molecule has 0 saturated carbocycles. The van der Waals surface area contributed by atoms with Crippen LogP contribution in [0.25, 0.3) is 0 Å². The number of quaternary nitrogens is 1. The van der Waals surface area contributed by atoms with Crippen LogP contribution >= 0.6 is 0 Å². The summed E-state index contributed by atoms with van der Waals surface area (Å²) in [7, 11) is 1.90. The van der Waals surface area contributed by atoms with E-state index in [-0.39, 0.29) is 47.6 Å². The number of carbonyl (C=O) groups is 3. The number of ketones is 1. The van der Waals surface area contributed by atoms with Crippen LogP contribution in [0.3, 0.4) is 0 Å². The van der Waals surface area contributed by atoms with Crippen LogP contribution in [0.1, 0.15) is 45.9 Å². The lowest BCUT2D eigenvalue weighted by Gasteiger charge is -2.13. The highest BCUT2D eigenvalue weighted by atomic mass is 16.5. The molecule has 0 radical (unpaired) electrons. The third kappa shape index (κ3) is 5.27. The lowest BCUT2D eigenvalue weighted by molar-refractivity contribution is -0.885. The molecule has 1 amide bonds. The fourth-order valence-corrected chi connectivity index (χ4v) is 2.91. The molecule has 1 heterocycles. The Labute approximate surface area is 158 Å². The molecular formula is C20H25N2O5+. The zero-order valence-corrected chi connectivity index (χ0v) is 16.0. The van der Waals surface area contributed by atoms with E-state index in [0.29, 0.717) is 6.54 Å². The molecule has 1 unspecified atom stereocenters. The second-order valence-electron chi connectivity index (χ2n) is 6.36. The topological polar surface area (TPSA) is 90.0 Å². The number of aryl methyl sites for hydroxylation is 1. The normalized spacial score (nSPS) is 11.7. The van der Waals surface area contributed by atoms with Gasteiger partial charge < -0.3 is 14.1 Å². The Hall–Kier alpha value is -2.93. The third-order valence-electron chi connectivity index (χ3n) is 3.98. The maximum Gasteiger partial charge on any atom is 0.344 e. The van der Waals surface area contributed by atoms with Gasteiger partial charge in [-0.2, -0.15) is 0 Å². The summed E-state index contributed by atoms with van der Waals surface area (Å²) in [4.78, 5) is 37.5. The number of ether oxygens (including phenoxy) is 1. The summed E-state index contributed by atoms with van der Waals surface area (Å²) in [6.07, 6.45) is 0. The summed E-state index contributed by atoms with van der Waals surface area (Å²) >= 11 is 0. The van der Waals surface area contributed by atoms with Gasteiger partial charge in [0.1, 0.15) is 17.9 Å². The van der Waals surface area contributed by atoms with Crippen LogP contribution < -0.4 is 10.2 Å². The molecule has 0 aliphatic carbocycles. The molecule has 2 aromatic rings. The number of nitrogens with one attached hydrogen (secondary N) is 2. The van der Waals surface area contributed by atoms with Gasteiger partial charge in [0.05, 0.1) is 19.2 Å². The van der Waals surface area contributed by atoms with E-state index in [1.54, 1.807) is 13.8 Å². The van der Waals surface area contributed by atoms with E-state index < -0.39 is 5.97 Å². The zero-order chi connectivity index (χ0) is 20.0. The first-order chi connectivity index (χ1) is 12.8. The van der Waals surface area contributed by atoms with Crippen LogP contribution in [0.4, 0.5) is 5.88 Å². The number of carbonyl (C=O) groups excluding carboxylic acids is 3. The van der Waals surface area contributed by atoms with Gasteiger partial charge in [-0.15, -0.1) is 0 Å². The van der Waals surface area contributed by atoms with E-state index in [2.05, 4.69) is 5.32 Å². The molecule has 1 aromatic heterocycles. The van der Waals surface area contributed by atoms with E-state index in [1.807, 2.05) is 37.4 Å². The summed E-state index contributed by atoms with van der Waals surface area (Å²) in [5.74, 6) is -1.12. The number of esters is 1. The molecule has 2 N–H and O–H groups in total. The minimum absolute atomic E-state index is 0.0316. The molecule has 1 aromatic carbocycles. The highest BCUT2D eigenvalue weighted by Crippen LogP contribution is 2.28. The van der Waals surface area contributed by atoms with Crippen LogP contribution in [0.5, 0.6) is 0 Å². The summed E-state index contributed by atoms with van der Waals surface area (Å²) in [5.41, 5.74) is 1.22. The molecule has 0 aliphatic rings. The van der Waals surface area contributed by atoms with Crippen LogP contribution in [0.15, 0.2) is 34.7 Å². The van der Waals surface area contributed by atoms with Crippen molar-refractivity contribution in [3.8, 4) is 0 Å². The first-order valence-corrected chi connectivity index (χ1v) is 8.80. The number of hydrogen-bond acceptors (Lipinski definition) is 5. The molecule has 1 atom stereocenters. The van der Waals surface area contributed by atoms with Gasteiger partial charge in [0.25, 0.3) is 5.91 Å². The number of anilines is 1. The van der Waals surface area contributed by atoms with E-state index in [4.69, 9.17) is 9.15 Å². The Morgan fingerprint density at radius 2 is 1.81 bits per heavy atom. The van der Waals surface area contributed by atoms with Crippen molar-refractivity contribution in [1.82, 2.24) is 0 Å². The molecule has 7 heteroatoms. The molecule has 0 spiro atoms. The van der Waals surface area contributed by atoms with Gasteiger partial charge in [-0.25, -0.2) is 4.79 Å². The smallest absolute Gasteiger partial charge is 0.344 e. The number of rotatable bonds is 8. The Bertz CT molecular complexity index is 826. The van der Waals surface area contributed by atoms with Crippen molar-refractivity contribution in [3.05, 3.63) is 52.8 Å². The molecule has 27 heavy (non-hydrogen) atoms. The van der Waals surface area contributed by atoms with Gasteiger partial charge in [0.15, 0.2) is 12.3 Å². The molecule has 2 rings (SSSR count). The maximum absolute atomic E-state index is 12.4. The summed E-state index contributed by atoms with van der Waals surface area (Å²) < 4.78 is 10.5. The predicted molar refractivity (Wildman–Crippen MR) is 99.9 cm³/mol. The lowest BCUT2D eigenvalue weighted by atomic mass is 10.1. The average molecular weight is 373 g/mol. The second kappa shape index (κ2) is 9.14. The lowest BCUT2D eigenvalue weighted by Crippen LogP contribution is -3.08. The van der Waals surface area contributed by atoms with Crippen molar-refractivity contribution in [2.24, 2.45) is 0 Å². The Morgan fingerprint density at radius 3 is 2.41 bits per heavy atom. The SMILES string of the molecule is CCOC(=O)c1c(NC(=O)C[NH+](C)Cc2ccccc2)oc(C)c1C(C)=O. The van der Waals surface area contributed by atoms with E-state index >= 15 is 0 Å². The van der Waals surface area contributed by atoms with Crippen LogP contribution in [0.2, 0.25) is 0 Å². The maximum atomic E-state index is 12.4. The molecule has 0 aliphatic heterocycles. The fourth-order valence-electron chi connectivity index (χ4n) is 2.91. The van der Waals surface area contributed by atoms with Gasteiger partial charge in [-0.1, -0.05) is 30.3 Å². The van der Waals surface area contributed by atoms with E-state index in [9.17, 15) is 14.4 Å². The summed E-state index contributed by atoms with van der Waals surface area (Å²) in [6, 6.07) is 9.82. The summed E-state index contributed by atoms with van der Waals surface area (Å²) in [6.45, 7) is 5.57. The fraction of sp³-hybridized carbons (Fsp3) is 0.350. The highest BCUT2D eigenvalue weighted by molar-refractivity contribution is 6.10. The van der Waals surface area contributed by atoms with Crippen molar-refractivity contribution in [3.63, 3.8) is 0 Å². The third-order valence-corrected chi connectivity index (χ3v) is 3.98. The largest absolute Gasteiger partial charge is 0.462 e. The quantitative estimate of drug-likeness (QED) is 0.542. The van der Waals surface area contributed by atoms with Crippen molar-refractivity contribution in [2.75, 3.05) is 25.5 Å². The average Bonchev–Trinajstić information content (AvgIpc) is 2.91. The number of benzene rings is 1. The molecule has 0 fully saturated rings. The second-order valence-corrected chi connectivity index (χ2v) is 6.36. The van der Waals surface area contributed by atoms with Gasteiger partial charge >= 0.3 is 5.97 Å². The van der Waals surface area contributed by atoms with Crippen molar-refractivity contribution < 1.29 is 28.4 Å². The van der Waals surface area contributed by atoms with Gasteiger partial charge in [0.2, 0.25) is 5.88 Å². The van der Waals surface area contributed by atoms with Crippen LogP contribution in [-0.2, 0) is 16.1 Å². The molecule has 0 bridgehead atoms. The Balaban J connectivity index is 2.13. The monoisotopic (exact) mass is 373 g/mol. The Kier molecular flexibility index (Phi) is 6.90. The van der Waals surface area contributed by atoms with Crippen LogP contribution in [-0.4, -0.2) is 37.9 Å². The zero-order valence-electron chi connectivity index (χ0n) is 16.0. The van der Waals surface area contributed by atoms with E-state index in [0.717, 1.165) is 10.5 Å². The summed E-state index contributed by atoms with van der Waals surface area (Å²) in [5, 5.41) is 2.60.